The molecule has 1 amide bonds. The number of nitrogens with zero attached hydrogens (tertiary/aromatic N) is 2. The molecular weight excluding hydrogens is 378 g/mol. The molecule has 1 aromatic heterocycles. The number of para-hydroxylation sites is 1. The summed E-state index contributed by atoms with van der Waals surface area (Å²) in [5.41, 5.74) is 1.11. The maximum absolute atomic E-state index is 12.9. The van der Waals surface area contributed by atoms with Crippen LogP contribution >= 0.6 is 0 Å². The zero-order valence-corrected chi connectivity index (χ0v) is 16.6. The molecule has 0 aliphatic rings. The van der Waals surface area contributed by atoms with Gasteiger partial charge in [0.2, 0.25) is 0 Å². The highest BCUT2D eigenvalue weighted by atomic mass is 32.2. The fourth-order valence-corrected chi connectivity index (χ4v) is 3.54. The number of methoxy groups -OCH3 is 1. The first-order valence-corrected chi connectivity index (χ1v) is 10.4. The van der Waals surface area contributed by atoms with Crippen LogP contribution in [0.1, 0.15) is 27.8 Å². The molecule has 1 heterocycles. The number of hydrogen-bond donors (Lipinski definition) is 1. The lowest BCUT2D eigenvalue weighted by Gasteiger charge is -2.21. The normalized spacial score (nSPS) is 12.4. The lowest BCUT2D eigenvalue weighted by Crippen LogP contribution is -2.31. The van der Waals surface area contributed by atoms with Gasteiger partial charge in [0.05, 0.1) is 12.0 Å². The number of rotatable bonds is 6. The molecule has 0 fully saturated rings. The average Bonchev–Trinajstić information content (AvgIpc) is 3.11. The Bertz CT molecular complexity index is 1090. The molecule has 0 saturated carbocycles. The van der Waals surface area contributed by atoms with Gasteiger partial charge in [0.15, 0.2) is 9.84 Å². The van der Waals surface area contributed by atoms with Gasteiger partial charge < -0.3 is 14.6 Å². The van der Waals surface area contributed by atoms with Crippen molar-refractivity contribution in [3.8, 4) is 5.75 Å². The van der Waals surface area contributed by atoms with Crippen molar-refractivity contribution >= 4 is 15.7 Å². The second-order valence-electron chi connectivity index (χ2n) is 6.34. The van der Waals surface area contributed by atoms with Gasteiger partial charge in [-0.05, 0) is 30.3 Å². The van der Waals surface area contributed by atoms with E-state index >= 15 is 0 Å². The molecule has 0 bridgehead atoms. The predicted octanol–water partition coefficient (Wildman–Crippen LogP) is 2.35. The smallest absolute Gasteiger partial charge is 0.252 e. The van der Waals surface area contributed by atoms with Crippen LogP contribution in [0.15, 0.2) is 65.8 Å². The fourth-order valence-electron chi connectivity index (χ4n) is 2.91. The molecule has 2 aromatic carbocycles. The largest absolute Gasteiger partial charge is 0.496 e. The molecule has 3 rings (SSSR count). The van der Waals surface area contributed by atoms with Crippen LogP contribution in [0.3, 0.4) is 0 Å². The van der Waals surface area contributed by atoms with E-state index in [9.17, 15) is 13.2 Å². The second-order valence-corrected chi connectivity index (χ2v) is 8.36. The summed E-state index contributed by atoms with van der Waals surface area (Å²) in [6, 6.07) is 12.7. The number of benzene rings is 2. The lowest BCUT2D eigenvalue weighted by molar-refractivity contribution is 0.0940. The van der Waals surface area contributed by atoms with E-state index in [1.807, 2.05) is 35.9 Å². The number of aryl methyl sites for hydroxylation is 1. The van der Waals surface area contributed by atoms with Gasteiger partial charge in [-0.3, -0.25) is 4.79 Å². The molecule has 8 heteroatoms. The van der Waals surface area contributed by atoms with Gasteiger partial charge in [0.1, 0.15) is 17.6 Å². The van der Waals surface area contributed by atoms with E-state index in [1.54, 1.807) is 19.5 Å². The van der Waals surface area contributed by atoms with Crippen LogP contribution in [-0.2, 0) is 16.9 Å². The molecule has 3 aromatic rings. The zero-order valence-electron chi connectivity index (χ0n) is 15.8. The first-order valence-electron chi connectivity index (χ1n) is 8.52. The Labute approximate surface area is 163 Å². The van der Waals surface area contributed by atoms with Crippen molar-refractivity contribution in [2.45, 2.75) is 10.9 Å². The van der Waals surface area contributed by atoms with Gasteiger partial charge >= 0.3 is 0 Å². The Kier molecular flexibility index (Phi) is 5.51. The summed E-state index contributed by atoms with van der Waals surface area (Å²) in [5, 5.41) is 2.97. The van der Waals surface area contributed by atoms with Crippen LogP contribution in [0, 0.1) is 0 Å². The number of amides is 1. The highest BCUT2D eigenvalue weighted by Crippen LogP contribution is 2.29. The average molecular weight is 399 g/mol. The molecule has 1 atom stereocenters. The number of ether oxygens (including phenoxy) is 1. The van der Waals surface area contributed by atoms with Crippen molar-refractivity contribution in [1.29, 1.82) is 0 Å². The molecule has 28 heavy (non-hydrogen) atoms. The number of carbonyl (C=O) groups excluding carboxylic acids is 1. The Morgan fingerprint density at radius 2 is 1.82 bits per heavy atom. The Hall–Kier alpha value is -3.13. The van der Waals surface area contributed by atoms with Crippen LogP contribution in [0.2, 0.25) is 0 Å². The summed E-state index contributed by atoms with van der Waals surface area (Å²) in [6.07, 6.45) is 4.58. The highest BCUT2D eigenvalue weighted by Gasteiger charge is 2.24. The minimum absolute atomic E-state index is 0.162. The van der Waals surface area contributed by atoms with Crippen LogP contribution in [0.25, 0.3) is 0 Å². The van der Waals surface area contributed by atoms with Crippen LogP contribution in [0.5, 0.6) is 5.75 Å². The van der Waals surface area contributed by atoms with Crippen molar-refractivity contribution in [2.24, 2.45) is 7.05 Å². The van der Waals surface area contributed by atoms with E-state index in [1.165, 1.54) is 24.3 Å². The number of aromatic nitrogens is 2. The van der Waals surface area contributed by atoms with E-state index < -0.39 is 15.9 Å². The van der Waals surface area contributed by atoms with Gasteiger partial charge in [0.25, 0.3) is 5.91 Å². The maximum Gasteiger partial charge on any atom is 0.252 e. The summed E-state index contributed by atoms with van der Waals surface area (Å²) < 4.78 is 30.5. The number of imidazole rings is 1. The molecule has 0 saturated heterocycles. The van der Waals surface area contributed by atoms with Crippen molar-refractivity contribution in [2.75, 3.05) is 13.4 Å². The number of nitrogens with one attached hydrogen (secondary N) is 1. The summed E-state index contributed by atoms with van der Waals surface area (Å²) in [7, 11) is 0.0916. The molecule has 1 N–H and O–H groups in total. The molecule has 146 valence electrons. The Balaban J connectivity index is 1.96. The van der Waals surface area contributed by atoms with E-state index in [0.717, 1.165) is 11.8 Å². The van der Waals surface area contributed by atoms with Gasteiger partial charge in [-0.25, -0.2) is 13.4 Å². The highest BCUT2D eigenvalue weighted by molar-refractivity contribution is 7.90. The third-order valence-electron chi connectivity index (χ3n) is 4.39. The third-order valence-corrected chi connectivity index (χ3v) is 5.52. The summed E-state index contributed by atoms with van der Waals surface area (Å²) in [5.74, 6) is 0.924. The molecule has 1 unspecified atom stereocenters. The molecule has 0 aliphatic heterocycles. The molecule has 0 spiro atoms. The minimum Gasteiger partial charge on any atom is -0.496 e. The fraction of sp³-hybridized carbons (Fsp3) is 0.200. The van der Waals surface area contributed by atoms with E-state index in [2.05, 4.69) is 10.3 Å². The van der Waals surface area contributed by atoms with Gasteiger partial charge in [-0.2, -0.15) is 0 Å². The van der Waals surface area contributed by atoms with Gasteiger partial charge in [-0.1, -0.05) is 18.2 Å². The van der Waals surface area contributed by atoms with Crippen molar-refractivity contribution < 1.29 is 17.9 Å². The zero-order chi connectivity index (χ0) is 20.3. The summed E-state index contributed by atoms with van der Waals surface area (Å²) in [4.78, 5) is 17.4. The van der Waals surface area contributed by atoms with Crippen molar-refractivity contribution in [3.05, 3.63) is 77.9 Å². The summed E-state index contributed by atoms with van der Waals surface area (Å²) >= 11 is 0. The van der Waals surface area contributed by atoms with E-state index in [-0.39, 0.29) is 10.8 Å². The number of sulfone groups is 1. The monoisotopic (exact) mass is 399 g/mol. The van der Waals surface area contributed by atoms with Crippen molar-refractivity contribution in [3.63, 3.8) is 0 Å². The molecule has 0 radical (unpaired) electrons. The first-order chi connectivity index (χ1) is 13.3. The lowest BCUT2D eigenvalue weighted by atomic mass is 10.0. The van der Waals surface area contributed by atoms with E-state index in [4.69, 9.17) is 4.74 Å². The van der Waals surface area contributed by atoms with Gasteiger partial charge in [-0.15, -0.1) is 0 Å². The van der Waals surface area contributed by atoms with Gasteiger partial charge in [0, 0.05) is 36.8 Å². The molecule has 0 aliphatic carbocycles. The Morgan fingerprint density at radius 1 is 1.14 bits per heavy atom. The van der Waals surface area contributed by atoms with E-state index in [0.29, 0.717) is 17.1 Å². The van der Waals surface area contributed by atoms with Crippen molar-refractivity contribution in [1.82, 2.24) is 14.9 Å². The SMILES string of the molecule is COc1ccccc1C(NC(=O)c1ccc(S(C)(=O)=O)cc1)c1nccn1C. The van der Waals surface area contributed by atoms with Crippen LogP contribution in [0.4, 0.5) is 0 Å². The number of hydrogen-bond acceptors (Lipinski definition) is 5. The topological polar surface area (TPSA) is 90.3 Å². The quantitative estimate of drug-likeness (QED) is 0.687. The maximum atomic E-state index is 12.9. The minimum atomic E-state index is -3.32. The standard InChI is InChI=1S/C20H21N3O4S/c1-23-13-12-21-19(23)18(16-6-4-5-7-17(16)27-2)22-20(24)14-8-10-15(11-9-14)28(3,25)26/h4-13,18H,1-3H3,(H,22,24). The first kappa shape index (κ1) is 19.6. The van der Waals surface area contributed by atoms with Crippen LogP contribution in [-0.4, -0.2) is 37.2 Å². The Morgan fingerprint density at radius 3 is 2.39 bits per heavy atom. The summed E-state index contributed by atoms with van der Waals surface area (Å²) in [6.45, 7) is 0. The molecule has 7 nitrogen and oxygen atoms in total. The second kappa shape index (κ2) is 7.85. The number of carbonyl (C=O) groups is 1. The predicted molar refractivity (Wildman–Crippen MR) is 105 cm³/mol. The van der Waals surface area contributed by atoms with Crippen LogP contribution < -0.4 is 10.1 Å². The third kappa shape index (κ3) is 4.07. The molecular formula is C20H21N3O4S.